The number of rotatable bonds is 2. The van der Waals surface area contributed by atoms with Crippen molar-refractivity contribution in [2.45, 2.75) is 18.8 Å². The topological polar surface area (TPSA) is 29.5 Å². The van der Waals surface area contributed by atoms with Crippen molar-refractivity contribution in [1.82, 2.24) is 4.90 Å². The molecule has 1 amide bonds. The van der Waals surface area contributed by atoms with Gasteiger partial charge in [-0.15, -0.1) is 0 Å². The van der Waals surface area contributed by atoms with E-state index in [0.717, 1.165) is 18.7 Å². The average Bonchev–Trinajstić information content (AvgIpc) is 2.33. The third-order valence-electron chi connectivity index (χ3n) is 3.22. The van der Waals surface area contributed by atoms with Gasteiger partial charge in [0.2, 0.25) is 5.91 Å². The normalized spacial score (nSPS) is 21.0. The molecule has 0 bridgehead atoms. The van der Waals surface area contributed by atoms with Gasteiger partial charge in [0, 0.05) is 20.0 Å². The number of carbonyl (C=O) groups excluding carboxylic acids is 1. The third kappa shape index (κ3) is 2.18. The van der Waals surface area contributed by atoms with Crippen LogP contribution in [0, 0.1) is 0 Å². The highest BCUT2D eigenvalue weighted by atomic mass is 16.5. The molecular weight excluding hydrogens is 202 g/mol. The molecule has 0 aromatic heterocycles. The van der Waals surface area contributed by atoms with Crippen LogP contribution >= 0.6 is 0 Å². The Hall–Kier alpha value is -1.51. The molecule has 16 heavy (non-hydrogen) atoms. The molecule has 1 unspecified atom stereocenters. The Morgan fingerprint density at radius 3 is 2.94 bits per heavy atom. The summed E-state index contributed by atoms with van der Waals surface area (Å²) in [5.74, 6) is 1.45. The zero-order valence-electron chi connectivity index (χ0n) is 9.77. The molecule has 1 fully saturated rings. The molecule has 1 aliphatic heterocycles. The Morgan fingerprint density at radius 1 is 1.44 bits per heavy atom. The molecule has 1 heterocycles. The molecule has 1 aliphatic rings. The minimum absolute atomic E-state index is 0.235. The first kappa shape index (κ1) is 11.0. The molecule has 0 aliphatic carbocycles. The number of methoxy groups -OCH3 is 1. The van der Waals surface area contributed by atoms with E-state index in [4.69, 9.17) is 4.74 Å². The van der Waals surface area contributed by atoms with Gasteiger partial charge in [-0.25, -0.2) is 0 Å². The number of nitrogens with zero attached hydrogens (tertiary/aromatic N) is 1. The van der Waals surface area contributed by atoms with E-state index in [0.29, 0.717) is 12.3 Å². The smallest absolute Gasteiger partial charge is 0.222 e. The van der Waals surface area contributed by atoms with Gasteiger partial charge in [-0.2, -0.15) is 0 Å². The molecule has 1 atom stereocenters. The summed E-state index contributed by atoms with van der Waals surface area (Å²) in [7, 11) is 3.53. The van der Waals surface area contributed by atoms with Crippen LogP contribution in [0.25, 0.3) is 0 Å². The van der Waals surface area contributed by atoms with Gasteiger partial charge in [0.1, 0.15) is 5.75 Å². The fourth-order valence-corrected chi connectivity index (χ4v) is 2.12. The first-order valence-corrected chi connectivity index (χ1v) is 5.58. The van der Waals surface area contributed by atoms with E-state index in [1.54, 1.807) is 12.0 Å². The highest BCUT2D eigenvalue weighted by Gasteiger charge is 2.24. The molecule has 3 nitrogen and oxygen atoms in total. The summed E-state index contributed by atoms with van der Waals surface area (Å²) in [6.45, 7) is 0.848. The monoisotopic (exact) mass is 219 g/mol. The lowest BCUT2D eigenvalue weighted by molar-refractivity contribution is -0.132. The first-order chi connectivity index (χ1) is 7.70. The van der Waals surface area contributed by atoms with Crippen molar-refractivity contribution in [3.05, 3.63) is 29.8 Å². The molecule has 2 rings (SSSR count). The number of amides is 1. The minimum atomic E-state index is 0.235. The summed E-state index contributed by atoms with van der Waals surface area (Å²) in [4.78, 5) is 13.4. The Balaban J connectivity index is 2.15. The van der Waals surface area contributed by atoms with E-state index in [-0.39, 0.29) is 5.91 Å². The highest BCUT2D eigenvalue weighted by molar-refractivity contribution is 5.77. The lowest BCUT2D eigenvalue weighted by Gasteiger charge is -2.29. The van der Waals surface area contributed by atoms with Gasteiger partial charge in [0.15, 0.2) is 0 Å². The molecular formula is C13H17NO2. The van der Waals surface area contributed by atoms with Crippen LogP contribution in [0.5, 0.6) is 5.75 Å². The van der Waals surface area contributed by atoms with Crippen molar-refractivity contribution in [1.29, 1.82) is 0 Å². The maximum Gasteiger partial charge on any atom is 0.222 e. The molecule has 1 aromatic rings. The van der Waals surface area contributed by atoms with E-state index in [1.165, 1.54) is 5.56 Å². The number of benzene rings is 1. The molecule has 0 radical (unpaired) electrons. The number of likely N-dealkylation sites (tertiary alicyclic amines) is 1. The zero-order valence-corrected chi connectivity index (χ0v) is 9.77. The Bertz CT molecular complexity index is 389. The van der Waals surface area contributed by atoms with Gasteiger partial charge in [-0.05, 0) is 30.0 Å². The number of hydrogen-bond acceptors (Lipinski definition) is 2. The summed E-state index contributed by atoms with van der Waals surface area (Å²) < 4.78 is 5.20. The van der Waals surface area contributed by atoms with E-state index < -0.39 is 0 Å². The zero-order chi connectivity index (χ0) is 11.5. The SMILES string of the molecule is COc1cccc(C2CCN(C)C(=O)C2)c1. The van der Waals surface area contributed by atoms with Gasteiger partial charge in [-0.1, -0.05) is 12.1 Å². The van der Waals surface area contributed by atoms with Gasteiger partial charge in [-0.3, -0.25) is 4.79 Å². The first-order valence-electron chi connectivity index (χ1n) is 5.58. The average molecular weight is 219 g/mol. The van der Waals surface area contributed by atoms with Gasteiger partial charge in [0.25, 0.3) is 0 Å². The fraction of sp³-hybridized carbons (Fsp3) is 0.462. The van der Waals surface area contributed by atoms with Crippen LogP contribution in [0.4, 0.5) is 0 Å². The predicted octanol–water partition coefficient (Wildman–Crippen LogP) is 2.03. The minimum Gasteiger partial charge on any atom is -0.497 e. The van der Waals surface area contributed by atoms with Crippen LogP contribution in [0.15, 0.2) is 24.3 Å². The number of piperidine rings is 1. The predicted molar refractivity (Wildman–Crippen MR) is 62.6 cm³/mol. The van der Waals surface area contributed by atoms with Gasteiger partial charge < -0.3 is 9.64 Å². The van der Waals surface area contributed by atoms with Crippen molar-refractivity contribution in [2.24, 2.45) is 0 Å². The van der Waals surface area contributed by atoms with E-state index in [9.17, 15) is 4.79 Å². The summed E-state index contributed by atoms with van der Waals surface area (Å²) in [5.41, 5.74) is 1.21. The maximum absolute atomic E-state index is 11.6. The van der Waals surface area contributed by atoms with Crippen LogP contribution in [-0.2, 0) is 4.79 Å². The summed E-state index contributed by atoms with van der Waals surface area (Å²) in [6.07, 6.45) is 1.65. The van der Waals surface area contributed by atoms with Crippen molar-refractivity contribution < 1.29 is 9.53 Å². The summed E-state index contributed by atoms with van der Waals surface area (Å²) in [5, 5.41) is 0. The van der Waals surface area contributed by atoms with Crippen molar-refractivity contribution in [2.75, 3.05) is 20.7 Å². The largest absolute Gasteiger partial charge is 0.497 e. The van der Waals surface area contributed by atoms with Crippen LogP contribution in [0.3, 0.4) is 0 Å². The second-order valence-corrected chi connectivity index (χ2v) is 4.28. The molecule has 1 aromatic carbocycles. The number of hydrogen-bond donors (Lipinski definition) is 0. The maximum atomic E-state index is 11.6. The van der Waals surface area contributed by atoms with Crippen LogP contribution in [0.2, 0.25) is 0 Å². The number of carbonyl (C=O) groups is 1. The third-order valence-corrected chi connectivity index (χ3v) is 3.22. The van der Waals surface area contributed by atoms with E-state index in [2.05, 4.69) is 6.07 Å². The van der Waals surface area contributed by atoms with E-state index in [1.807, 2.05) is 25.2 Å². The van der Waals surface area contributed by atoms with Crippen molar-refractivity contribution in [3.63, 3.8) is 0 Å². The molecule has 3 heteroatoms. The van der Waals surface area contributed by atoms with Crippen molar-refractivity contribution >= 4 is 5.91 Å². The van der Waals surface area contributed by atoms with Crippen LogP contribution < -0.4 is 4.74 Å². The molecule has 0 spiro atoms. The highest BCUT2D eigenvalue weighted by Crippen LogP contribution is 2.29. The fourth-order valence-electron chi connectivity index (χ4n) is 2.12. The summed E-state index contributed by atoms with van der Waals surface area (Å²) in [6, 6.07) is 8.02. The molecule has 86 valence electrons. The molecule has 0 N–H and O–H groups in total. The second-order valence-electron chi connectivity index (χ2n) is 4.28. The molecule has 1 saturated heterocycles. The lowest BCUT2D eigenvalue weighted by atomic mass is 9.89. The Kier molecular flexibility index (Phi) is 3.13. The summed E-state index contributed by atoms with van der Waals surface area (Å²) >= 11 is 0. The van der Waals surface area contributed by atoms with Crippen molar-refractivity contribution in [3.8, 4) is 5.75 Å². The number of ether oxygens (including phenoxy) is 1. The van der Waals surface area contributed by atoms with Crippen LogP contribution in [0.1, 0.15) is 24.3 Å². The Morgan fingerprint density at radius 2 is 2.25 bits per heavy atom. The Labute approximate surface area is 96.0 Å². The standard InChI is InChI=1S/C13H17NO2/c1-14-7-6-11(9-13(14)15)10-4-3-5-12(8-10)16-2/h3-5,8,11H,6-7,9H2,1-2H3. The van der Waals surface area contributed by atoms with Gasteiger partial charge in [0.05, 0.1) is 7.11 Å². The molecule has 0 saturated carbocycles. The van der Waals surface area contributed by atoms with Crippen LogP contribution in [-0.4, -0.2) is 31.5 Å². The quantitative estimate of drug-likeness (QED) is 0.761. The lowest BCUT2D eigenvalue weighted by Crippen LogP contribution is -2.34. The van der Waals surface area contributed by atoms with E-state index >= 15 is 0 Å². The van der Waals surface area contributed by atoms with Gasteiger partial charge >= 0.3 is 0 Å². The second kappa shape index (κ2) is 4.56.